The van der Waals surface area contributed by atoms with Crippen LogP contribution in [0.4, 0.5) is 0 Å². The number of nitrogens with zero attached hydrogens (tertiary/aromatic N) is 2. The molecule has 0 aromatic heterocycles. The molecule has 4 nitrogen and oxygen atoms in total. The second-order valence-corrected chi connectivity index (χ2v) is 11.1. The third kappa shape index (κ3) is 6.29. The van der Waals surface area contributed by atoms with Crippen LogP contribution in [0.5, 0.6) is 0 Å². The van der Waals surface area contributed by atoms with Crippen molar-refractivity contribution in [3.05, 3.63) is 117 Å². The van der Waals surface area contributed by atoms with Gasteiger partial charge in [-0.1, -0.05) is 65.7 Å². The van der Waals surface area contributed by atoms with E-state index >= 15 is 0 Å². The van der Waals surface area contributed by atoms with E-state index in [0.29, 0.717) is 20.5 Å². The zero-order chi connectivity index (χ0) is 26.5. The van der Waals surface area contributed by atoms with Gasteiger partial charge < -0.3 is 4.90 Å². The van der Waals surface area contributed by atoms with Gasteiger partial charge in [0.05, 0.1) is 4.91 Å². The Bertz CT molecular complexity index is 1420. The van der Waals surface area contributed by atoms with Crippen LogP contribution in [0.15, 0.2) is 94.8 Å². The Kier molecular flexibility index (Phi) is 8.48. The first-order valence-electron chi connectivity index (χ1n) is 12.6. The van der Waals surface area contributed by atoms with Crippen LogP contribution in [0.2, 0.25) is 10.0 Å². The van der Waals surface area contributed by atoms with Crippen LogP contribution >= 0.6 is 35.0 Å². The zero-order valence-corrected chi connectivity index (χ0v) is 23.0. The van der Waals surface area contributed by atoms with E-state index < -0.39 is 0 Å². The van der Waals surface area contributed by atoms with E-state index in [2.05, 4.69) is 9.89 Å². The predicted octanol–water partition coefficient (Wildman–Crippen LogP) is 8.18. The quantitative estimate of drug-likeness (QED) is 0.225. The molecule has 2 heterocycles. The maximum absolute atomic E-state index is 13.3. The molecule has 1 amide bonds. The molecule has 0 unspecified atom stereocenters. The lowest BCUT2D eigenvalue weighted by molar-refractivity contribution is -0.113. The van der Waals surface area contributed by atoms with Crippen molar-refractivity contribution in [2.24, 2.45) is 4.99 Å². The molecule has 5 rings (SSSR count). The van der Waals surface area contributed by atoms with E-state index in [-0.39, 0.29) is 18.1 Å². The molecule has 192 valence electrons. The lowest BCUT2D eigenvalue weighted by Crippen LogP contribution is -2.33. The van der Waals surface area contributed by atoms with Crippen molar-refractivity contribution < 1.29 is 9.59 Å². The summed E-state index contributed by atoms with van der Waals surface area (Å²) in [7, 11) is 0. The van der Waals surface area contributed by atoms with E-state index in [9.17, 15) is 9.59 Å². The summed E-state index contributed by atoms with van der Waals surface area (Å²) in [5.41, 5.74) is 3.87. The minimum atomic E-state index is -0.256. The van der Waals surface area contributed by atoms with Crippen molar-refractivity contribution in [2.75, 3.05) is 13.1 Å². The molecule has 38 heavy (non-hydrogen) atoms. The highest BCUT2D eigenvalue weighted by Crippen LogP contribution is 2.38. The maximum Gasteiger partial charge on any atom is 0.286 e. The Hall–Kier alpha value is -3.12. The number of ketones is 1. The van der Waals surface area contributed by atoms with Crippen LogP contribution in [0.25, 0.3) is 11.1 Å². The van der Waals surface area contributed by atoms with Crippen LogP contribution in [-0.2, 0) is 4.79 Å². The first kappa shape index (κ1) is 26.5. The highest BCUT2D eigenvalue weighted by Gasteiger charge is 2.30. The number of Topliss-reactive ketones (excluding diaryl/α,β-unsaturated/α-hetero) is 1. The Balaban J connectivity index is 1.58. The smallest absolute Gasteiger partial charge is 0.286 e. The molecule has 3 aromatic carbocycles. The molecule has 0 radical (unpaired) electrons. The number of halogens is 2. The van der Waals surface area contributed by atoms with Gasteiger partial charge in [-0.3, -0.25) is 9.59 Å². The van der Waals surface area contributed by atoms with Crippen LogP contribution in [0.3, 0.4) is 0 Å². The molecular formula is C31H26Cl2N2O2S. The fourth-order valence-electron chi connectivity index (χ4n) is 4.57. The van der Waals surface area contributed by atoms with Gasteiger partial charge in [0.25, 0.3) is 5.91 Å². The highest BCUT2D eigenvalue weighted by molar-refractivity contribution is 8.18. The maximum atomic E-state index is 13.3. The standard InChI is InChI=1S/C31H26Cl2N2O2S/c32-25-13-9-22(10-14-25)27(29-30(37)34-31(38-29)35-17-5-2-6-18-35)19-24(21-7-3-1-4-8-21)20-28(36)23-11-15-26(33)16-12-23/h1,3-4,7-16,19H,2,5-6,17-18,20H2/b24-19+,29-27-. The van der Waals surface area contributed by atoms with E-state index in [4.69, 9.17) is 23.2 Å². The molecule has 0 aliphatic carbocycles. The van der Waals surface area contributed by atoms with Gasteiger partial charge in [-0.05, 0) is 90.2 Å². The molecule has 7 heteroatoms. The number of thioether (sulfide) groups is 1. The summed E-state index contributed by atoms with van der Waals surface area (Å²) in [5.74, 6) is -0.291. The van der Waals surface area contributed by atoms with E-state index in [1.165, 1.54) is 18.2 Å². The van der Waals surface area contributed by atoms with Crippen LogP contribution in [-0.4, -0.2) is 34.8 Å². The number of likely N-dealkylation sites (tertiary alicyclic amines) is 1. The minimum absolute atomic E-state index is 0.0344. The third-order valence-electron chi connectivity index (χ3n) is 6.59. The summed E-state index contributed by atoms with van der Waals surface area (Å²) in [6, 6.07) is 24.1. The van der Waals surface area contributed by atoms with Gasteiger partial charge in [0.1, 0.15) is 0 Å². The fraction of sp³-hybridized carbons (Fsp3) is 0.194. The number of carbonyl (C=O) groups excluding carboxylic acids is 2. The Morgan fingerprint density at radius 3 is 2.05 bits per heavy atom. The summed E-state index contributed by atoms with van der Waals surface area (Å²) >= 11 is 13.6. The topological polar surface area (TPSA) is 49.7 Å². The monoisotopic (exact) mass is 560 g/mol. The Morgan fingerprint density at radius 2 is 1.42 bits per heavy atom. The summed E-state index contributed by atoms with van der Waals surface area (Å²) in [5, 5.41) is 1.94. The number of amidine groups is 1. The summed E-state index contributed by atoms with van der Waals surface area (Å²) in [6.07, 6.45) is 5.52. The average molecular weight is 562 g/mol. The number of aliphatic imine (C=N–C) groups is 1. The van der Waals surface area contributed by atoms with Gasteiger partial charge in [0.2, 0.25) is 0 Å². The first-order chi connectivity index (χ1) is 18.5. The number of rotatable bonds is 6. The second kappa shape index (κ2) is 12.2. The highest BCUT2D eigenvalue weighted by atomic mass is 35.5. The molecule has 0 saturated carbocycles. The largest absolute Gasteiger partial charge is 0.351 e. The van der Waals surface area contributed by atoms with Gasteiger partial charge in [0, 0.05) is 40.7 Å². The molecule has 3 aromatic rings. The van der Waals surface area contributed by atoms with Gasteiger partial charge in [0.15, 0.2) is 11.0 Å². The van der Waals surface area contributed by atoms with Crippen molar-refractivity contribution >= 4 is 63.0 Å². The van der Waals surface area contributed by atoms with E-state index in [1.54, 1.807) is 24.3 Å². The van der Waals surface area contributed by atoms with Gasteiger partial charge >= 0.3 is 0 Å². The normalized spacial score (nSPS) is 17.4. The molecule has 1 fully saturated rings. The van der Waals surface area contributed by atoms with E-state index in [1.807, 2.05) is 60.7 Å². The van der Waals surface area contributed by atoms with Gasteiger partial charge in [-0.2, -0.15) is 4.99 Å². The van der Waals surface area contributed by atoms with Crippen LogP contribution < -0.4 is 0 Å². The molecule has 0 N–H and O–H groups in total. The van der Waals surface area contributed by atoms with Crippen molar-refractivity contribution in [3.8, 4) is 0 Å². The van der Waals surface area contributed by atoms with Crippen LogP contribution in [0.1, 0.15) is 47.2 Å². The average Bonchev–Trinajstić information content (AvgIpc) is 3.34. The SMILES string of the molecule is O=C1N=C(N2CCCCC2)S/C1=C(/C=C(\CC(=O)c1ccc(Cl)cc1)c1ccccc1)c1ccc(Cl)cc1. The number of amides is 1. The molecule has 2 aliphatic heterocycles. The van der Waals surface area contributed by atoms with E-state index in [0.717, 1.165) is 53.4 Å². The Labute approximate surface area is 237 Å². The fourth-order valence-corrected chi connectivity index (χ4v) is 5.86. The predicted molar refractivity (Wildman–Crippen MR) is 159 cm³/mol. The Morgan fingerprint density at radius 1 is 0.816 bits per heavy atom. The van der Waals surface area contributed by atoms with Crippen molar-refractivity contribution in [3.63, 3.8) is 0 Å². The minimum Gasteiger partial charge on any atom is -0.351 e. The first-order valence-corrected chi connectivity index (χ1v) is 14.2. The number of hydrogen-bond acceptors (Lipinski definition) is 4. The van der Waals surface area contributed by atoms with Crippen molar-refractivity contribution in [1.82, 2.24) is 4.90 Å². The molecule has 0 atom stereocenters. The molecule has 1 saturated heterocycles. The zero-order valence-electron chi connectivity index (χ0n) is 20.7. The summed E-state index contributed by atoms with van der Waals surface area (Å²) in [6.45, 7) is 1.81. The summed E-state index contributed by atoms with van der Waals surface area (Å²) < 4.78 is 0. The lowest BCUT2D eigenvalue weighted by atomic mass is 9.93. The van der Waals surface area contributed by atoms with Crippen molar-refractivity contribution in [1.29, 1.82) is 0 Å². The molecule has 2 aliphatic rings. The third-order valence-corrected chi connectivity index (χ3v) is 8.23. The van der Waals surface area contributed by atoms with Gasteiger partial charge in [-0.25, -0.2) is 0 Å². The van der Waals surface area contributed by atoms with Gasteiger partial charge in [-0.15, -0.1) is 0 Å². The number of hydrogen-bond donors (Lipinski definition) is 0. The molecular weight excluding hydrogens is 535 g/mol. The number of carbonyl (C=O) groups is 2. The lowest BCUT2D eigenvalue weighted by Gasteiger charge is -2.27. The number of piperidine rings is 1. The number of allylic oxidation sites excluding steroid dienone is 3. The second-order valence-electron chi connectivity index (χ2n) is 9.24. The van der Waals surface area contributed by atoms with Crippen LogP contribution in [0, 0.1) is 0 Å². The number of benzene rings is 3. The molecule has 0 spiro atoms. The van der Waals surface area contributed by atoms with Crippen molar-refractivity contribution in [2.45, 2.75) is 25.7 Å². The summed E-state index contributed by atoms with van der Waals surface area (Å²) in [4.78, 5) is 33.8. The molecule has 0 bridgehead atoms.